The largest absolute Gasteiger partial charge is 0.464 e. The van der Waals surface area contributed by atoms with E-state index in [1.54, 1.807) is 19.1 Å². The third kappa shape index (κ3) is 2.52. The highest BCUT2D eigenvalue weighted by Crippen LogP contribution is 2.29. The van der Waals surface area contributed by atoms with Gasteiger partial charge in [0.25, 0.3) is 0 Å². The minimum atomic E-state index is -0.847. The molecule has 2 aromatic rings. The van der Waals surface area contributed by atoms with E-state index in [1.807, 2.05) is 6.92 Å². The summed E-state index contributed by atoms with van der Waals surface area (Å²) in [5.74, 6) is 5.30. The maximum absolute atomic E-state index is 14.1. The number of benzene rings is 1. The van der Waals surface area contributed by atoms with Crippen LogP contribution in [0.4, 0.5) is 8.78 Å². The van der Waals surface area contributed by atoms with E-state index in [2.05, 4.69) is 5.43 Å². The molecule has 2 rings (SSSR count). The van der Waals surface area contributed by atoms with Gasteiger partial charge in [0.05, 0.1) is 0 Å². The van der Waals surface area contributed by atoms with Crippen LogP contribution in [0.15, 0.2) is 28.7 Å². The van der Waals surface area contributed by atoms with E-state index in [1.165, 1.54) is 12.1 Å². The summed E-state index contributed by atoms with van der Waals surface area (Å²) in [7, 11) is 0. The number of rotatable bonds is 4. The van der Waals surface area contributed by atoms with Gasteiger partial charge in [0, 0.05) is 12.0 Å². The van der Waals surface area contributed by atoms with Gasteiger partial charge in [0.1, 0.15) is 29.2 Å². The maximum Gasteiger partial charge on any atom is 0.134 e. The minimum absolute atomic E-state index is 0.125. The van der Waals surface area contributed by atoms with Gasteiger partial charge in [-0.05, 0) is 30.7 Å². The van der Waals surface area contributed by atoms with Crippen LogP contribution in [0.25, 0.3) is 0 Å². The molecule has 5 heteroatoms. The number of hydrogen-bond acceptors (Lipinski definition) is 3. The summed E-state index contributed by atoms with van der Waals surface area (Å²) >= 11 is 0. The van der Waals surface area contributed by atoms with Gasteiger partial charge >= 0.3 is 0 Å². The molecular formula is C14H16F2N2O. The molecule has 19 heavy (non-hydrogen) atoms. The molecule has 3 nitrogen and oxygen atoms in total. The monoisotopic (exact) mass is 266 g/mol. The first-order chi connectivity index (χ1) is 9.08. The topological polar surface area (TPSA) is 51.2 Å². The fraction of sp³-hybridized carbons (Fsp3) is 0.286. The van der Waals surface area contributed by atoms with E-state index in [4.69, 9.17) is 10.3 Å². The molecule has 3 N–H and O–H groups in total. The van der Waals surface area contributed by atoms with Crippen molar-refractivity contribution in [2.45, 2.75) is 26.3 Å². The molecule has 0 amide bonds. The van der Waals surface area contributed by atoms with Crippen molar-refractivity contribution >= 4 is 0 Å². The first-order valence-corrected chi connectivity index (χ1v) is 6.07. The van der Waals surface area contributed by atoms with Crippen molar-refractivity contribution in [1.29, 1.82) is 0 Å². The first kappa shape index (κ1) is 13.7. The van der Waals surface area contributed by atoms with Gasteiger partial charge in [-0.1, -0.05) is 13.0 Å². The van der Waals surface area contributed by atoms with Crippen LogP contribution in [0.2, 0.25) is 0 Å². The van der Waals surface area contributed by atoms with Crippen LogP contribution in [0.1, 0.15) is 35.6 Å². The molecule has 0 spiro atoms. The maximum atomic E-state index is 14.1. The second-order valence-electron chi connectivity index (χ2n) is 4.35. The van der Waals surface area contributed by atoms with Crippen molar-refractivity contribution in [2.24, 2.45) is 5.84 Å². The van der Waals surface area contributed by atoms with E-state index in [0.29, 0.717) is 17.7 Å². The molecule has 0 radical (unpaired) electrons. The molecule has 0 saturated heterocycles. The highest BCUT2D eigenvalue weighted by atomic mass is 19.1. The Morgan fingerprint density at radius 2 is 2.00 bits per heavy atom. The second kappa shape index (κ2) is 5.50. The lowest BCUT2D eigenvalue weighted by Gasteiger charge is -2.16. The Kier molecular flexibility index (Phi) is 3.97. The van der Waals surface area contributed by atoms with Crippen LogP contribution in [0.5, 0.6) is 0 Å². The molecule has 102 valence electrons. The highest BCUT2D eigenvalue weighted by Gasteiger charge is 2.24. The summed E-state index contributed by atoms with van der Waals surface area (Å²) in [6.07, 6.45) is 0.704. The Hall–Kier alpha value is -1.72. The summed E-state index contributed by atoms with van der Waals surface area (Å²) in [5, 5.41) is 0. The molecule has 0 fully saturated rings. The number of aryl methyl sites for hydroxylation is 2. The van der Waals surface area contributed by atoms with E-state index >= 15 is 0 Å². The van der Waals surface area contributed by atoms with Gasteiger partial charge in [-0.25, -0.2) is 14.2 Å². The third-order valence-electron chi connectivity index (χ3n) is 3.09. The molecule has 1 atom stereocenters. The summed E-state index contributed by atoms with van der Waals surface area (Å²) in [6, 6.07) is 5.21. The minimum Gasteiger partial charge on any atom is -0.464 e. The Morgan fingerprint density at radius 3 is 2.58 bits per heavy atom. The number of nitrogens with two attached hydrogens (primary N) is 1. The molecular weight excluding hydrogens is 250 g/mol. The van der Waals surface area contributed by atoms with Crippen LogP contribution < -0.4 is 11.3 Å². The Morgan fingerprint density at radius 1 is 1.26 bits per heavy atom. The number of hydrogen-bond donors (Lipinski definition) is 2. The van der Waals surface area contributed by atoms with Crippen molar-refractivity contribution in [3.8, 4) is 0 Å². The van der Waals surface area contributed by atoms with E-state index in [-0.39, 0.29) is 5.56 Å². The third-order valence-corrected chi connectivity index (χ3v) is 3.09. The van der Waals surface area contributed by atoms with E-state index in [9.17, 15) is 8.78 Å². The average molecular weight is 266 g/mol. The number of halogens is 2. The zero-order valence-electron chi connectivity index (χ0n) is 10.8. The summed E-state index contributed by atoms with van der Waals surface area (Å²) in [4.78, 5) is 0. The predicted octanol–water partition coefficient (Wildman–Crippen LogP) is 2.98. The van der Waals surface area contributed by atoms with Crippen molar-refractivity contribution in [1.82, 2.24) is 5.43 Å². The Bertz CT molecular complexity index is 581. The zero-order chi connectivity index (χ0) is 14.0. The lowest BCUT2D eigenvalue weighted by molar-refractivity contribution is 0.407. The number of hydrazine groups is 1. The van der Waals surface area contributed by atoms with Crippen LogP contribution >= 0.6 is 0 Å². The lowest BCUT2D eigenvalue weighted by atomic mass is 10.0. The zero-order valence-corrected chi connectivity index (χ0v) is 10.8. The molecule has 0 bridgehead atoms. The highest BCUT2D eigenvalue weighted by molar-refractivity contribution is 5.33. The molecule has 0 saturated carbocycles. The normalized spacial score (nSPS) is 12.7. The van der Waals surface area contributed by atoms with Gasteiger partial charge in [0.15, 0.2) is 0 Å². The van der Waals surface area contributed by atoms with E-state index in [0.717, 1.165) is 5.76 Å². The fourth-order valence-corrected chi connectivity index (χ4v) is 1.99. The predicted molar refractivity (Wildman–Crippen MR) is 68.3 cm³/mol. The quantitative estimate of drug-likeness (QED) is 0.660. The van der Waals surface area contributed by atoms with Gasteiger partial charge in [-0.15, -0.1) is 0 Å². The van der Waals surface area contributed by atoms with Gasteiger partial charge < -0.3 is 4.42 Å². The molecule has 1 aromatic heterocycles. The lowest BCUT2D eigenvalue weighted by Crippen LogP contribution is -2.30. The molecule has 0 aliphatic heterocycles. The number of nitrogens with one attached hydrogen (secondary N) is 1. The van der Waals surface area contributed by atoms with Gasteiger partial charge in [0.2, 0.25) is 0 Å². The first-order valence-electron chi connectivity index (χ1n) is 6.07. The van der Waals surface area contributed by atoms with E-state index < -0.39 is 17.7 Å². The Labute approximate surface area is 110 Å². The molecule has 0 aliphatic rings. The van der Waals surface area contributed by atoms with Crippen LogP contribution in [-0.4, -0.2) is 0 Å². The Balaban J connectivity index is 2.50. The van der Waals surface area contributed by atoms with Crippen molar-refractivity contribution in [2.75, 3.05) is 0 Å². The standard InChI is InChI=1S/C14H16F2N2O/c1-3-9-5-7-11(19-9)14(18-17)12-10(15)6-4-8(2)13(12)16/h4-7,14,18H,3,17H2,1-2H3. The molecule has 0 aliphatic carbocycles. The smallest absolute Gasteiger partial charge is 0.134 e. The van der Waals surface area contributed by atoms with Crippen LogP contribution in [0.3, 0.4) is 0 Å². The molecule has 1 heterocycles. The average Bonchev–Trinajstić information content (AvgIpc) is 2.87. The number of furan rings is 1. The van der Waals surface area contributed by atoms with Crippen molar-refractivity contribution < 1.29 is 13.2 Å². The van der Waals surface area contributed by atoms with Crippen molar-refractivity contribution in [3.05, 3.63) is 58.5 Å². The van der Waals surface area contributed by atoms with Gasteiger partial charge in [-0.3, -0.25) is 5.84 Å². The molecule has 1 unspecified atom stereocenters. The molecule has 1 aromatic carbocycles. The fourth-order valence-electron chi connectivity index (χ4n) is 1.99. The summed E-state index contributed by atoms with van der Waals surface area (Å²) < 4.78 is 33.5. The summed E-state index contributed by atoms with van der Waals surface area (Å²) in [5.41, 5.74) is 2.64. The second-order valence-corrected chi connectivity index (χ2v) is 4.35. The van der Waals surface area contributed by atoms with Crippen LogP contribution in [0, 0.1) is 18.6 Å². The SMILES string of the molecule is CCc1ccc(C(NN)c2c(F)ccc(C)c2F)o1. The van der Waals surface area contributed by atoms with Crippen molar-refractivity contribution in [3.63, 3.8) is 0 Å². The van der Waals surface area contributed by atoms with Crippen LogP contribution in [-0.2, 0) is 6.42 Å². The summed E-state index contributed by atoms with van der Waals surface area (Å²) in [6.45, 7) is 3.51. The van der Waals surface area contributed by atoms with Gasteiger partial charge in [-0.2, -0.15) is 0 Å².